The maximum atomic E-state index is 11.6. The SMILES string of the molecule is COC(=O)c1cc(N=C(NC#N)SC)cc(C(=O)OC)c1. The second kappa shape index (κ2) is 7.91. The van der Waals surface area contributed by atoms with E-state index in [0.717, 1.165) is 0 Å². The van der Waals surface area contributed by atoms with Crippen LogP contribution in [0.2, 0.25) is 0 Å². The van der Waals surface area contributed by atoms with Crippen molar-refractivity contribution < 1.29 is 19.1 Å². The number of amidine groups is 1. The van der Waals surface area contributed by atoms with Crippen molar-refractivity contribution in [3.05, 3.63) is 29.3 Å². The molecule has 8 heteroatoms. The topological polar surface area (TPSA) is 101 Å². The van der Waals surface area contributed by atoms with Crippen molar-refractivity contribution in [3.8, 4) is 6.19 Å². The Kier molecular flexibility index (Phi) is 6.23. The number of carbonyl (C=O) groups is 2. The molecule has 0 saturated heterocycles. The van der Waals surface area contributed by atoms with Gasteiger partial charge in [-0.05, 0) is 24.5 Å². The number of rotatable bonds is 3. The van der Waals surface area contributed by atoms with Gasteiger partial charge in [-0.2, -0.15) is 5.26 Å². The van der Waals surface area contributed by atoms with Gasteiger partial charge in [-0.25, -0.2) is 14.6 Å². The molecule has 0 fully saturated rings. The Morgan fingerprint density at radius 1 is 1.19 bits per heavy atom. The van der Waals surface area contributed by atoms with Gasteiger partial charge in [-0.15, -0.1) is 0 Å². The fourth-order valence-corrected chi connectivity index (χ4v) is 1.78. The summed E-state index contributed by atoms with van der Waals surface area (Å²) < 4.78 is 9.25. The lowest BCUT2D eigenvalue weighted by atomic mass is 10.1. The van der Waals surface area contributed by atoms with Gasteiger partial charge >= 0.3 is 11.9 Å². The molecule has 0 heterocycles. The number of nitrogens with one attached hydrogen (secondary N) is 1. The molecule has 7 nitrogen and oxygen atoms in total. The summed E-state index contributed by atoms with van der Waals surface area (Å²) in [6, 6.07) is 4.26. The minimum Gasteiger partial charge on any atom is -0.465 e. The molecule has 1 aromatic rings. The van der Waals surface area contributed by atoms with Crippen LogP contribution in [0.3, 0.4) is 0 Å². The van der Waals surface area contributed by atoms with Crippen molar-refractivity contribution in [2.45, 2.75) is 0 Å². The number of aliphatic imine (C=N–C) groups is 1. The predicted molar refractivity (Wildman–Crippen MR) is 78.5 cm³/mol. The summed E-state index contributed by atoms with van der Waals surface area (Å²) in [7, 11) is 2.47. The molecule has 0 amide bonds. The second-order valence-corrected chi connectivity index (χ2v) is 4.40. The molecule has 0 atom stereocenters. The molecule has 0 radical (unpaired) electrons. The standard InChI is InChI=1S/C13H13N3O4S/c1-19-11(17)8-4-9(12(18)20-2)6-10(5-8)16-13(21-3)15-7-14/h4-6H,1-3H3,(H,15,16). The molecule has 1 rings (SSSR count). The van der Waals surface area contributed by atoms with Gasteiger partial charge in [0.1, 0.15) is 0 Å². The third-order valence-corrected chi connectivity index (χ3v) is 2.93. The maximum Gasteiger partial charge on any atom is 0.337 e. The average molecular weight is 307 g/mol. The minimum atomic E-state index is -0.601. The highest BCUT2D eigenvalue weighted by Gasteiger charge is 2.14. The van der Waals surface area contributed by atoms with Gasteiger partial charge in [0.2, 0.25) is 0 Å². The highest BCUT2D eigenvalue weighted by molar-refractivity contribution is 8.13. The predicted octanol–water partition coefficient (Wildman–Crippen LogP) is 1.68. The lowest BCUT2D eigenvalue weighted by Gasteiger charge is -2.06. The van der Waals surface area contributed by atoms with Crippen LogP contribution in [0, 0.1) is 11.5 Å². The van der Waals surface area contributed by atoms with Crippen molar-refractivity contribution in [3.63, 3.8) is 0 Å². The van der Waals surface area contributed by atoms with E-state index in [4.69, 9.17) is 5.26 Å². The summed E-state index contributed by atoms with van der Waals surface area (Å²) in [5.41, 5.74) is 0.651. The number of methoxy groups -OCH3 is 2. The quantitative estimate of drug-likeness (QED) is 0.298. The Balaban J connectivity index is 3.34. The summed E-state index contributed by atoms with van der Waals surface area (Å²) in [6.07, 6.45) is 3.48. The lowest BCUT2D eigenvalue weighted by molar-refractivity contribution is 0.0599. The normalized spacial score (nSPS) is 10.5. The number of nitrogens with zero attached hydrogens (tertiary/aromatic N) is 2. The summed E-state index contributed by atoms with van der Waals surface area (Å²) in [4.78, 5) is 27.4. The zero-order valence-electron chi connectivity index (χ0n) is 11.7. The molecule has 1 aromatic carbocycles. The van der Waals surface area contributed by atoms with E-state index in [1.165, 1.54) is 44.2 Å². The van der Waals surface area contributed by atoms with Crippen molar-refractivity contribution in [1.82, 2.24) is 5.32 Å². The molecule has 0 saturated carbocycles. The first-order valence-electron chi connectivity index (χ1n) is 5.65. The van der Waals surface area contributed by atoms with E-state index in [-0.39, 0.29) is 11.1 Å². The van der Waals surface area contributed by atoms with E-state index < -0.39 is 11.9 Å². The van der Waals surface area contributed by atoms with Crippen LogP contribution < -0.4 is 5.32 Å². The van der Waals surface area contributed by atoms with Crippen LogP contribution in [0.4, 0.5) is 5.69 Å². The van der Waals surface area contributed by atoms with Crippen LogP contribution in [0.5, 0.6) is 0 Å². The summed E-state index contributed by atoms with van der Waals surface area (Å²) >= 11 is 1.21. The number of nitriles is 1. The van der Waals surface area contributed by atoms with E-state index in [9.17, 15) is 9.59 Å². The second-order valence-electron chi connectivity index (χ2n) is 3.61. The number of hydrogen-bond donors (Lipinski definition) is 1. The lowest BCUT2D eigenvalue weighted by Crippen LogP contribution is -2.12. The summed E-state index contributed by atoms with van der Waals surface area (Å²) in [6.45, 7) is 0. The molecule has 0 aromatic heterocycles. The van der Waals surface area contributed by atoms with Crippen LogP contribution in [0.25, 0.3) is 0 Å². The van der Waals surface area contributed by atoms with Gasteiger partial charge in [-0.3, -0.25) is 5.32 Å². The van der Waals surface area contributed by atoms with Crippen LogP contribution in [-0.2, 0) is 9.47 Å². The van der Waals surface area contributed by atoms with Crippen molar-refractivity contribution in [2.75, 3.05) is 20.5 Å². The Morgan fingerprint density at radius 2 is 1.71 bits per heavy atom. The number of carbonyl (C=O) groups excluding carboxylic acids is 2. The number of thioether (sulfide) groups is 1. The first kappa shape index (κ1) is 16.5. The Morgan fingerprint density at radius 3 is 2.10 bits per heavy atom. The summed E-state index contributed by atoms with van der Waals surface area (Å²) in [5, 5.41) is 11.3. The van der Waals surface area contributed by atoms with Gasteiger partial charge in [0, 0.05) is 0 Å². The monoisotopic (exact) mass is 307 g/mol. The first-order valence-corrected chi connectivity index (χ1v) is 6.87. The number of ether oxygens (including phenoxy) is 2. The molecule has 0 spiro atoms. The van der Waals surface area contributed by atoms with E-state index in [1.807, 2.05) is 0 Å². The third-order valence-electron chi connectivity index (χ3n) is 2.35. The zero-order valence-corrected chi connectivity index (χ0v) is 12.5. The molecule has 0 unspecified atom stereocenters. The molecule has 21 heavy (non-hydrogen) atoms. The minimum absolute atomic E-state index is 0.163. The zero-order chi connectivity index (χ0) is 15.8. The fraction of sp³-hybridized carbons (Fsp3) is 0.231. The third kappa shape index (κ3) is 4.50. The highest BCUT2D eigenvalue weighted by Crippen LogP contribution is 2.20. The van der Waals surface area contributed by atoms with E-state index >= 15 is 0 Å². The van der Waals surface area contributed by atoms with Crippen LogP contribution in [0.1, 0.15) is 20.7 Å². The van der Waals surface area contributed by atoms with Gasteiger partial charge in [-0.1, -0.05) is 11.8 Å². The number of hydrogen-bond acceptors (Lipinski definition) is 7. The number of benzene rings is 1. The van der Waals surface area contributed by atoms with Crippen molar-refractivity contribution >= 4 is 34.6 Å². The molecule has 0 bridgehead atoms. The number of esters is 2. The largest absolute Gasteiger partial charge is 0.465 e. The van der Waals surface area contributed by atoms with E-state index in [0.29, 0.717) is 10.9 Å². The molecule has 0 aliphatic heterocycles. The van der Waals surface area contributed by atoms with E-state index in [1.54, 1.807) is 12.4 Å². The van der Waals surface area contributed by atoms with Crippen molar-refractivity contribution in [2.24, 2.45) is 4.99 Å². The molecular formula is C13H13N3O4S. The first-order chi connectivity index (χ1) is 10.0. The van der Waals surface area contributed by atoms with Gasteiger partial charge in [0.25, 0.3) is 0 Å². The Hall–Kier alpha value is -2.53. The van der Waals surface area contributed by atoms with Crippen LogP contribution in [0.15, 0.2) is 23.2 Å². The maximum absolute atomic E-state index is 11.6. The van der Waals surface area contributed by atoms with Gasteiger partial charge in [0.05, 0.1) is 31.0 Å². The smallest absolute Gasteiger partial charge is 0.337 e. The van der Waals surface area contributed by atoms with Crippen molar-refractivity contribution in [1.29, 1.82) is 5.26 Å². The summed E-state index contributed by atoms with van der Waals surface area (Å²) in [5.74, 6) is -1.20. The molecule has 0 aliphatic rings. The van der Waals surface area contributed by atoms with Crippen LogP contribution in [-0.4, -0.2) is 37.6 Å². The molecule has 1 N–H and O–H groups in total. The Bertz CT molecular complexity index is 588. The van der Waals surface area contributed by atoms with Crippen LogP contribution >= 0.6 is 11.8 Å². The Labute approximate surface area is 125 Å². The van der Waals surface area contributed by atoms with Gasteiger partial charge < -0.3 is 9.47 Å². The molecule has 110 valence electrons. The molecule has 0 aliphatic carbocycles. The highest BCUT2D eigenvalue weighted by atomic mass is 32.2. The van der Waals surface area contributed by atoms with E-state index in [2.05, 4.69) is 19.8 Å². The molecular weight excluding hydrogens is 294 g/mol. The fourth-order valence-electron chi connectivity index (χ4n) is 1.44. The average Bonchev–Trinajstić information content (AvgIpc) is 2.52. The van der Waals surface area contributed by atoms with Gasteiger partial charge in [0.15, 0.2) is 11.4 Å².